The highest BCUT2D eigenvalue weighted by Crippen LogP contribution is 2.23. The summed E-state index contributed by atoms with van der Waals surface area (Å²) in [6.45, 7) is 0. The number of phenols is 1. The minimum Gasteiger partial charge on any atom is -0.507 e. The third-order valence-electron chi connectivity index (χ3n) is 2.59. The van der Waals surface area contributed by atoms with E-state index in [2.05, 4.69) is 10.6 Å². The minimum atomic E-state index is -0.703. The van der Waals surface area contributed by atoms with Gasteiger partial charge >= 0.3 is 6.03 Å². The van der Waals surface area contributed by atoms with Gasteiger partial charge in [0, 0.05) is 16.4 Å². The molecule has 2 aromatic carbocycles. The number of urea groups is 1. The SMILES string of the molecule is NC(=O)Nc1cccc(NC(=O)c2cc(Cl)ccc2O)c1. The molecular weight excluding hydrogens is 294 g/mol. The van der Waals surface area contributed by atoms with Crippen molar-refractivity contribution in [2.24, 2.45) is 5.73 Å². The van der Waals surface area contributed by atoms with Gasteiger partial charge in [-0.3, -0.25) is 4.79 Å². The lowest BCUT2D eigenvalue weighted by molar-refractivity contribution is 0.102. The van der Waals surface area contributed by atoms with Crippen molar-refractivity contribution < 1.29 is 14.7 Å². The van der Waals surface area contributed by atoms with Crippen LogP contribution in [0.1, 0.15) is 10.4 Å². The van der Waals surface area contributed by atoms with Crippen LogP contribution in [0.4, 0.5) is 16.2 Å². The van der Waals surface area contributed by atoms with Crippen LogP contribution in [0.2, 0.25) is 5.02 Å². The fraction of sp³-hybridized carbons (Fsp3) is 0. The van der Waals surface area contributed by atoms with Gasteiger partial charge in [-0.2, -0.15) is 0 Å². The first kappa shape index (κ1) is 14.7. The maximum absolute atomic E-state index is 12.1. The Kier molecular flexibility index (Phi) is 4.30. The third kappa shape index (κ3) is 3.87. The van der Waals surface area contributed by atoms with E-state index in [-0.39, 0.29) is 11.3 Å². The van der Waals surface area contributed by atoms with Crippen LogP contribution in [0.3, 0.4) is 0 Å². The monoisotopic (exact) mass is 305 g/mol. The smallest absolute Gasteiger partial charge is 0.316 e. The molecule has 21 heavy (non-hydrogen) atoms. The highest BCUT2D eigenvalue weighted by molar-refractivity contribution is 6.31. The van der Waals surface area contributed by atoms with Crippen LogP contribution in [0, 0.1) is 0 Å². The Balaban J connectivity index is 2.19. The molecule has 0 heterocycles. The molecule has 2 aromatic rings. The predicted octanol–water partition coefficient (Wildman–Crippen LogP) is 2.79. The summed E-state index contributed by atoms with van der Waals surface area (Å²) in [6.07, 6.45) is 0. The molecule has 3 amide bonds. The molecule has 0 bridgehead atoms. The molecule has 0 fully saturated rings. The molecule has 0 aliphatic heterocycles. The van der Waals surface area contributed by atoms with Crippen molar-refractivity contribution in [1.29, 1.82) is 0 Å². The van der Waals surface area contributed by atoms with E-state index in [1.807, 2.05) is 0 Å². The first-order valence-electron chi connectivity index (χ1n) is 5.92. The maximum atomic E-state index is 12.1. The molecule has 0 unspecified atom stereocenters. The number of halogens is 1. The highest BCUT2D eigenvalue weighted by Gasteiger charge is 2.12. The fourth-order valence-corrected chi connectivity index (χ4v) is 1.88. The van der Waals surface area contributed by atoms with E-state index in [9.17, 15) is 14.7 Å². The number of carbonyl (C=O) groups excluding carboxylic acids is 2. The van der Waals surface area contributed by atoms with Gasteiger partial charge in [0.2, 0.25) is 0 Å². The summed E-state index contributed by atoms with van der Waals surface area (Å²) in [5.74, 6) is -0.699. The lowest BCUT2D eigenvalue weighted by atomic mass is 10.2. The zero-order valence-electron chi connectivity index (χ0n) is 10.8. The zero-order chi connectivity index (χ0) is 15.4. The molecule has 2 rings (SSSR count). The summed E-state index contributed by atoms with van der Waals surface area (Å²) in [5.41, 5.74) is 5.95. The summed E-state index contributed by atoms with van der Waals surface area (Å²) in [7, 11) is 0. The predicted molar refractivity (Wildman–Crippen MR) is 80.7 cm³/mol. The molecule has 0 radical (unpaired) electrons. The molecule has 0 aliphatic carbocycles. The van der Waals surface area contributed by atoms with Gasteiger partial charge in [0.25, 0.3) is 5.91 Å². The van der Waals surface area contributed by atoms with Crippen LogP contribution in [0.25, 0.3) is 0 Å². The topological polar surface area (TPSA) is 104 Å². The Morgan fingerprint density at radius 3 is 2.38 bits per heavy atom. The number of amides is 3. The normalized spacial score (nSPS) is 9.95. The van der Waals surface area contributed by atoms with Crippen molar-refractivity contribution in [3.8, 4) is 5.75 Å². The van der Waals surface area contributed by atoms with E-state index in [1.54, 1.807) is 18.2 Å². The molecule has 5 N–H and O–H groups in total. The molecule has 0 saturated heterocycles. The van der Waals surface area contributed by atoms with Crippen molar-refractivity contribution in [3.63, 3.8) is 0 Å². The Morgan fingerprint density at radius 1 is 1.05 bits per heavy atom. The number of primary amides is 1. The molecule has 6 nitrogen and oxygen atoms in total. The van der Waals surface area contributed by atoms with Gasteiger partial charge in [0.15, 0.2) is 0 Å². The van der Waals surface area contributed by atoms with Crippen molar-refractivity contribution in [2.45, 2.75) is 0 Å². The number of anilines is 2. The lowest BCUT2D eigenvalue weighted by Crippen LogP contribution is -2.19. The quantitative estimate of drug-likeness (QED) is 0.700. The number of carbonyl (C=O) groups is 2. The first-order valence-corrected chi connectivity index (χ1v) is 6.30. The van der Waals surface area contributed by atoms with Crippen LogP contribution < -0.4 is 16.4 Å². The molecule has 0 spiro atoms. The summed E-state index contributed by atoms with van der Waals surface area (Å²) in [4.78, 5) is 22.9. The average molecular weight is 306 g/mol. The van der Waals surface area contributed by atoms with Gasteiger partial charge in [0.05, 0.1) is 5.56 Å². The van der Waals surface area contributed by atoms with Gasteiger partial charge < -0.3 is 21.5 Å². The fourth-order valence-electron chi connectivity index (χ4n) is 1.71. The van der Waals surface area contributed by atoms with Crippen molar-refractivity contribution in [3.05, 3.63) is 53.1 Å². The van der Waals surface area contributed by atoms with Crippen molar-refractivity contribution >= 4 is 34.9 Å². The Morgan fingerprint density at radius 2 is 1.71 bits per heavy atom. The second kappa shape index (κ2) is 6.15. The molecule has 108 valence electrons. The number of benzene rings is 2. The second-order valence-corrected chi connectivity index (χ2v) is 4.62. The van der Waals surface area contributed by atoms with Crippen molar-refractivity contribution in [2.75, 3.05) is 10.6 Å². The van der Waals surface area contributed by atoms with E-state index in [0.29, 0.717) is 16.4 Å². The lowest BCUT2D eigenvalue weighted by Gasteiger charge is -2.09. The van der Waals surface area contributed by atoms with Gasteiger partial charge in [-0.1, -0.05) is 17.7 Å². The van der Waals surface area contributed by atoms with E-state index in [0.717, 1.165) is 0 Å². The number of rotatable bonds is 3. The Labute approximate surface area is 125 Å². The largest absolute Gasteiger partial charge is 0.507 e. The second-order valence-electron chi connectivity index (χ2n) is 4.19. The van der Waals surface area contributed by atoms with Crippen LogP contribution >= 0.6 is 11.6 Å². The van der Waals surface area contributed by atoms with Gasteiger partial charge in [0.1, 0.15) is 5.75 Å². The van der Waals surface area contributed by atoms with E-state index >= 15 is 0 Å². The first-order chi connectivity index (χ1) is 9.95. The number of aromatic hydroxyl groups is 1. The highest BCUT2D eigenvalue weighted by atomic mass is 35.5. The van der Waals surface area contributed by atoms with E-state index in [4.69, 9.17) is 17.3 Å². The summed E-state index contributed by atoms with van der Waals surface area (Å²) in [6, 6.07) is 9.89. The zero-order valence-corrected chi connectivity index (χ0v) is 11.5. The van der Waals surface area contributed by atoms with Gasteiger partial charge in [-0.05, 0) is 36.4 Å². The molecule has 0 saturated carbocycles. The molecule has 0 atom stereocenters. The van der Waals surface area contributed by atoms with Gasteiger partial charge in [-0.15, -0.1) is 0 Å². The molecular formula is C14H12ClN3O3. The summed E-state index contributed by atoms with van der Waals surface area (Å²) in [5, 5.41) is 15.0. The number of nitrogens with two attached hydrogens (primary N) is 1. The summed E-state index contributed by atoms with van der Waals surface area (Å²) >= 11 is 5.79. The Hall–Kier alpha value is -2.73. The minimum absolute atomic E-state index is 0.0516. The molecule has 0 aromatic heterocycles. The molecule has 0 aliphatic rings. The number of hydrogen-bond acceptors (Lipinski definition) is 3. The van der Waals surface area contributed by atoms with Gasteiger partial charge in [-0.25, -0.2) is 4.79 Å². The van der Waals surface area contributed by atoms with Crippen LogP contribution in [-0.2, 0) is 0 Å². The van der Waals surface area contributed by atoms with Crippen molar-refractivity contribution in [1.82, 2.24) is 0 Å². The molecule has 7 heteroatoms. The standard InChI is InChI=1S/C14H12ClN3O3/c15-8-4-5-12(19)11(6-8)13(20)17-9-2-1-3-10(7-9)18-14(16)21/h1-7,19H,(H,17,20)(H3,16,18,21). The number of hydrogen-bond donors (Lipinski definition) is 4. The average Bonchev–Trinajstić information content (AvgIpc) is 2.41. The Bertz CT molecular complexity index is 704. The van der Waals surface area contributed by atoms with Crippen LogP contribution in [0.5, 0.6) is 5.75 Å². The van der Waals surface area contributed by atoms with Crippen LogP contribution in [-0.4, -0.2) is 17.0 Å². The number of phenolic OH excluding ortho intramolecular Hbond substituents is 1. The third-order valence-corrected chi connectivity index (χ3v) is 2.83. The van der Waals surface area contributed by atoms with Crippen LogP contribution in [0.15, 0.2) is 42.5 Å². The number of nitrogens with one attached hydrogen (secondary N) is 2. The van der Waals surface area contributed by atoms with E-state index in [1.165, 1.54) is 24.3 Å². The summed E-state index contributed by atoms with van der Waals surface area (Å²) < 4.78 is 0. The maximum Gasteiger partial charge on any atom is 0.316 e. The van der Waals surface area contributed by atoms with E-state index < -0.39 is 11.9 Å².